The Hall–Kier alpha value is -2.86. The fourth-order valence-corrected chi connectivity index (χ4v) is 3.86. The third-order valence-electron chi connectivity index (χ3n) is 5.34. The van der Waals surface area contributed by atoms with Gasteiger partial charge >= 0.3 is 0 Å². The van der Waals surface area contributed by atoms with Gasteiger partial charge in [0.25, 0.3) is 0 Å². The van der Waals surface area contributed by atoms with E-state index in [0.29, 0.717) is 12.8 Å². The Morgan fingerprint density at radius 1 is 0.966 bits per heavy atom. The minimum Gasteiger partial charge on any atom is -0.454 e. The summed E-state index contributed by atoms with van der Waals surface area (Å²) in [4.78, 5) is 6.59. The monoisotopic (exact) mass is 392 g/mol. The van der Waals surface area contributed by atoms with E-state index in [1.54, 1.807) is 0 Å². The van der Waals surface area contributed by atoms with E-state index in [-0.39, 0.29) is 0 Å². The molecule has 0 aliphatic carbocycles. The van der Waals surface area contributed by atoms with Gasteiger partial charge in [-0.1, -0.05) is 6.07 Å². The molecule has 3 aromatic rings. The van der Waals surface area contributed by atoms with Gasteiger partial charge in [0, 0.05) is 49.3 Å². The van der Waals surface area contributed by atoms with Crippen LogP contribution < -0.4 is 9.47 Å². The van der Waals surface area contributed by atoms with Crippen LogP contribution in [0.1, 0.15) is 48.0 Å². The normalized spacial score (nSPS) is 12.9. The van der Waals surface area contributed by atoms with Crippen LogP contribution in [-0.2, 0) is 19.6 Å². The molecule has 4 rings (SSSR count). The van der Waals surface area contributed by atoms with Crippen LogP contribution in [0.15, 0.2) is 42.7 Å². The van der Waals surface area contributed by atoms with E-state index in [1.807, 2.05) is 18.5 Å². The molecule has 0 saturated heterocycles. The molecule has 0 bridgehead atoms. The number of aromatic nitrogens is 3. The molecule has 1 aromatic carbocycles. The predicted molar refractivity (Wildman–Crippen MR) is 112 cm³/mol. The molecule has 0 amide bonds. The largest absolute Gasteiger partial charge is 0.454 e. The first-order chi connectivity index (χ1) is 14.0. The Balaban J connectivity index is 1.60. The van der Waals surface area contributed by atoms with Crippen LogP contribution in [0.4, 0.5) is 0 Å². The first-order valence-corrected chi connectivity index (χ1v) is 10.1. The number of pyridine rings is 1. The minimum atomic E-state index is 0.298. The molecule has 29 heavy (non-hydrogen) atoms. The zero-order valence-corrected chi connectivity index (χ0v) is 17.6. The van der Waals surface area contributed by atoms with Crippen molar-refractivity contribution >= 4 is 0 Å². The summed E-state index contributed by atoms with van der Waals surface area (Å²) in [6.07, 6.45) is 3.70. The molecule has 6 heteroatoms. The van der Waals surface area contributed by atoms with E-state index >= 15 is 0 Å². The first kappa shape index (κ1) is 19.5. The maximum absolute atomic E-state index is 5.56. The summed E-state index contributed by atoms with van der Waals surface area (Å²) < 4.78 is 13.1. The quantitative estimate of drug-likeness (QED) is 0.596. The maximum atomic E-state index is 5.56. The summed E-state index contributed by atoms with van der Waals surface area (Å²) in [5.41, 5.74) is 6.08. The average Bonchev–Trinajstić information content (AvgIpc) is 3.28. The standard InChI is InChI=1S/C23H28N4O2/c1-16(2)27-18(4)21(17(3)25-27)14-26(12-19-7-9-24-10-8-19)13-20-5-6-22-23(11-20)29-15-28-22/h5-11,16H,12-15H2,1-4H3. The molecule has 1 aliphatic rings. The van der Waals surface area contributed by atoms with Gasteiger partial charge in [-0.25, -0.2) is 0 Å². The Morgan fingerprint density at radius 2 is 1.69 bits per heavy atom. The van der Waals surface area contributed by atoms with Gasteiger partial charge < -0.3 is 9.47 Å². The van der Waals surface area contributed by atoms with E-state index in [2.05, 4.69) is 66.5 Å². The fraction of sp³-hybridized carbons (Fsp3) is 0.391. The number of fused-ring (bicyclic) bond motifs is 1. The van der Waals surface area contributed by atoms with Crippen LogP contribution in [0, 0.1) is 13.8 Å². The Bertz CT molecular complexity index is 982. The number of rotatable bonds is 7. The Labute approximate surface area is 172 Å². The second kappa shape index (κ2) is 8.25. The highest BCUT2D eigenvalue weighted by molar-refractivity contribution is 5.44. The van der Waals surface area contributed by atoms with Crippen LogP contribution in [-0.4, -0.2) is 26.5 Å². The number of aryl methyl sites for hydroxylation is 1. The van der Waals surface area contributed by atoms with E-state index in [0.717, 1.165) is 36.8 Å². The maximum Gasteiger partial charge on any atom is 0.231 e. The van der Waals surface area contributed by atoms with E-state index in [4.69, 9.17) is 14.6 Å². The molecule has 3 heterocycles. The summed E-state index contributed by atoms with van der Waals surface area (Å²) in [5, 5.41) is 4.77. The molecule has 0 radical (unpaired) electrons. The van der Waals surface area contributed by atoms with Gasteiger partial charge in [-0.05, 0) is 63.1 Å². The number of hydrogen-bond acceptors (Lipinski definition) is 5. The van der Waals surface area contributed by atoms with Crippen LogP contribution >= 0.6 is 0 Å². The lowest BCUT2D eigenvalue weighted by Gasteiger charge is -2.23. The van der Waals surface area contributed by atoms with Crippen molar-refractivity contribution in [3.63, 3.8) is 0 Å². The second-order valence-electron chi connectivity index (χ2n) is 7.88. The van der Waals surface area contributed by atoms with Gasteiger partial charge in [-0.15, -0.1) is 0 Å². The molecule has 0 fully saturated rings. The smallest absolute Gasteiger partial charge is 0.231 e. The zero-order chi connectivity index (χ0) is 20.4. The summed E-state index contributed by atoms with van der Waals surface area (Å²) in [7, 11) is 0. The molecule has 0 saturated carbocycles. The lowest BCUT2D eigenvalue weighted by Crippen LogP contribution is -2.23. The summed E-state index contributed by atoms with van der Waals surface area (Å²) >= 11 is 0. The molecule has 1 aliphatic heterocycles. The lowest BCUT2D eigenvalue weighted by molar-refractivity contribution is 0.174. The molecule has 2 aromatic heterocycles. The summed E-state index contributed by atoms with van der Waals surface area (Å²) in [6.45, 7) is 11.4. The van der Waals surface area contributed by atoms with Gasteiger partial charge in [0.05, 0.1) is 5.69 Å². The Kier molecular flexibility index (Phi) is 5.53. The van der Waals surface area contributed by atoms with Gasteiger partial charge in [-0.2, -0.15) is 5.10 Å². The predicted octanol–water partition coefficient (Wildman–Crippen LogP) is 4.41. The fourth-order valence-electron chi connectivity index (χ4n) is 3.86. The molecule has 0 N–H and O–H groups in total. The molecule has 0 unspecified atom stereocenters. The van der Waals surface area contributed by atoms with Gasteiger partial charge in [-0.3, -0.25) is 14.6 Å². The highest BCUT2D eigenvalue weighted by Gasteiger charge is 2.19. The topological polar surface area (TPSA) is 52.4 Å². The highest BCUT2D eigenvalue weighted by atomic mass is 16.7. The molecule has 0 atom stereocenters. The average molecular weight is 393 g/mol. The van der Waals surface area contributed by atoms with E-state index < -0.39 is 0 Å². The summed E-state index contributed by atoms with van der Waals surface area (Å²) in [6, 6.07) is 10.7. The van der Waals surface area contributed by atoms with Crippen molar-refractivity contribution in [3.05, 3.63) is 70.8 Å². The van der Waals surface area contributed by atoms with Crippen molar-refractivity contribution < 1.29 is 9.47 Å². The van der Waals surface area contributed by atoms with Crippen molar-refractivity contribution in [2.75, 3.05) is 6.79 Å². The van der Waals surface area contributed by atoms with Gasteiger partial charge in [0.1, 0.15) is 0 Å². The van der Waals surface area contributed by atoms with Crippen LogP contribution in [0.3, 0.4) is 0 Å². The second-order valence-corrected chi connectivity index (χ2v) is 7.88. The van der Waals surface area contributed by atoms with E-state index in [1.165, 1.54) is 22.4 Å². The minimum absolute atomic E-state index is 0.298. The van der Waals surface area contributed by atoms with Gasteiger partial charge in [0.15, 0.2) is 11.5 Å². The van der Waals surface area contributed by atoms with E-state index in [9.17, 15) is 0 Å². The highest BCUT2D eigenvalue weighted by Crippen LogP contribution is 2.33. The third-order valence-corrected chi connectivity index (χ3v) is 5.34. The zero-order valence-electron chi connectivity index (χ0n) is 17.6. The molecule has 0 spiro atoms. The van der Waals surface area contributed by atoms with Crippen molar-refractivity contribution in [1.29, 1.82) is 0 Å². The van der Waals surface area contributed by atoms with Gasteiger partial charge in [0.2, 0.25) is 6.79 Å². The number of benzene rings is 1. The van der Waals surface area contributed by atoms with Crippen molar-refractivity contribution in [3.8, 4) is 11.5 Å². The SMILES string of the molecule is Cc1nn(C(C)C)c(C)c1CN(Cc1ccncc1)Cc1ccc2c(c1)OCO2. The van der Waals surface area contributed by atoms with Crippen LogP contribution in [0.25, 0.3) is 0 Å². The molecular formula is C23H28N4O2. The molecule has 152 valence electrons. The third kappa shape index (κ3) is 4.27. The van der Waals surface area contributed by atoms with Crippen molar-refractivity contribution in [2.24, 2.45) is 0 Å². The number of ether oxygens (including phenoxy) is 2. The summed E-state index contributed by atoms with van der Waals surface area (Å²) in [5.74, 6) is 1.64. The van der Waals surface area contributed by atoms with Crippen LogP contribution in [0.2, 0.25) is 0 Å². The number of nitrogens with zero attached hydrogens (tertiary/aromatic N) is 4. The first-order valence-electron chi connectivity index (χ1n) is 10.1. The molecular weight excluding hydrogens is 364 g/mol. The van der Waals surface area contributed by atoms with Crippen molar-refractivity contribution in [2.45, 2.75) is 53.4 Å². The van der Waals surface area contributed by atoms with Crippen LogP contribution in [0.5, 0.6) is 11.5 Å². The Morgan fingerprint density at radius 3 is 2.41 bits per heavy atom. The molecule has 6 nitrogen and oxygen atoms in total. The van der Waals surface area contributed by atoms with Crippen molar-refractivity contribution in [1.82, 2.24) is 19.7 Å². The lowest BCUT2D eigenvalue weighted by atomic mass is 10.1. The number of hydrogen-bond donors (Lipinski definition) is 0.